The van der Waals surface area contributed by atoms with Gasteiger partial charge in [-0.25, -0.2) is 0 Å². The Labute approximate surface area is 203 Å². The van der Waals surface area contributed by atoms with E-state index >= 15 is 0 Å². The van der Waals surface area contributed by atoms with E-state index in [1.165, 1.54) is 23.3 Å². The molecule has 0 heterocycles. The van der Waals surface area contributed by atoms with Crippen LogP contribution >= 0.6 is 0 Å². The van der Waals surface area contributed by atoms with Gasteiger partial charge in [0.15, 0.2) is 28.8 Å². The molecule has 0 saturated heterocycles. The molecule has 180 valence electrons. The van der Waals surface area contributed by atoms with Gasteiger partial charge in [0.2, 0.25) is 0 Å². The predicted molar refractivity (Wildman–Crippen MR) is 139 cm³/mol. The van der Waals surface area contributed by atoms with E-state index in [9.17, 15) is 4.79 Å². The Morgan fingerprint density at radius 2 is 1.09 bits per heavy atom. The molecule has 2 aromatic rings. The average molecular weight is 463 g/mol. The third-order valence-corrected chi connectivity index (χ3v) is 4.72. The molecule has 2 aromatic carbocycles. The van der Waals surface area contributed by atoms with E-state index in [1.54, 1.807) is 26.4 Å². The molecule has 0 aliphatic rings. The second-order valence-electron chi connectivity index (χ2n) is 8.07. The molecule has 0 fully saturated rings. The van der Waals surface area contributed by atoms with E-state index in [1.807, 2.05) is 76.2 Å². The summed E-state index contributed by atoms with van der Waals surface area (Å²) >= 11 is 0. The van der Waals surface area contributed by atoms with Crippen molar-refractivity contribution in [3.63, 3.8) is 0 Å². The number of carbonyl (C=O) groups is 1. The summed E-state index contributed by atoms with van der Waals surface area (Å²) in [6.07, 6.45) is 10.5. The Balaban J connectivity index is 2.03. The highest BCUT2D eigenvalue weighted by Crippen LogP contribution is 2.29. The first kappa shape index (κ1) is 26.5. The summed E-state index contributed by atoms with van der Waals surface area (Å²) in [6, 6.07) is 11.1. The van der Waals surface area contributed by atoms with Crippen molar-refractivity contribution in [1.29, 1.82) is 0 Å². The Hall–Kier alpha value is -3.73. The number of ether oxygens (including phenoxy) is 4. The van der Waals surface area contributed by atoms with Gasteiger partial charge in [-0.1, -0.05) is 35.4 Å². The van der Waals surface area contributed by atoms with Crippen LogP contribution in [-0.4, -0.2) is 33.2 Å². The standard InChI is InChI=1S/C29H34O5/c1-21(2)15-17-33-26-13-9-23(19-28(26)31-5)7-11-25(30)12-8-24-10-14-27(29(20-24)32-6)34-18-16-22(3)4/h7-16,19-20H,17-18H2,1-6H3/b11-7+,12-8+. The lowest BCUT2D eigenvalue weighted by Gasteiger charge is -2.10. The summed E-state index contributed by atoms with van der Waals surface area (Å²) < 4.78 is 22.3. The van der Waals surface area contributed by atoms with E-state index in [2.05, 4.69) is 0 Å². The van der Waals surface area contributed by atoms with Crippen molar-refractivity contribution in [2.45, 2.75) is 27.7 Å². The largest absolute Gasteiger partial charge is 0.493 e. The van der Waals surface area contributed by atoms with Gasteiger partial charge in [-0.15, -0.1) is 0 Å². The Bertz CT molecular complexity index is 996. The summed E-state index contributed by atoms with van der Waals surface area (Å²) in [5, 5.41) is 0. The summed E-state index contributed by atoms with van der Waals surface area (Å²) in [5.41, 5.74) is 4.06. The maximum atomic E-state index is 12.3. The zero-order chi connectivity index (χ0) is 24.9. The summed E-state index contributed by atoms with van der Waals surface area (Å²) in [5.74, 6) is 2.42. The van der Waals surface area contributed by atoms with Crippen LogP contribution in [0.15, 0.2) is 71.8 Å². The van der Waals surface area contributed by atoms with Crippen molar-refractivity contribution in [1.82, 2.24) is 0 Å². The normalized spacial score (nSPS) is 10.8. The van der Waals surface area contributed by atoms with Crippen molar-refractivity contribution in [3.8, 4) is 23.0 Å². The number of hydrogen-bond donors (Lipinski definition) is 0. The summed E-state index contributed by atoms with van der Waals surface area (Å²) in [4.78, 5) is 12.3. The average Bonchev–Trinajstić information content (AvgIpc) is 2.81. The zero-order valence-electron chi connectivity index (χ0n) is 20.9. The second-order valence-corrected chi connectivity index (χ2v) is 8.07. The molecule has 0 aromatic heterocycles. The molecule has 0 radical (unpaired) electrons. The molecule has 2 rings (SSSR count). The van der Waals surface area contributed by atoms with Gasteiger partial charge < -0.3 is 18.9 Å². The Morgan fingerprint density at radius 1 is 0.676 bits per heavy atom. The van der Waals surface area contributed by atoms with E-state index in [-0.39, 0.29) is 5.78 Å². The molecule has 0 spiro atoms. The molecular weight excluding hydrogens is 428 g/mol. The van der Waals surface area contributed by atoms with Gasteiger partial charge in [0.1, 0.15) is 13.2 Å². The van der Waals surface area contributed by atoms with E-state index in [4.69, 9.17) is 18.9 Å². The van der Waals surface area contributed by atoms with Crippen LogP contribution in [0.4, 0.5) is 0 Å². The van der Waals surface area contributed by atoms with Crippen molar-refractivity contribution in [2.24, 2.45) is 0 Å². The quantitative estimate of drug-likeness (QED) is 0.260. The molecular formula is C29H34O5. The van der Waals surface area contributed by atoms with Crippen molar-refractivity contribution < 1.29 is 23.7 Å². The maximum Gasteiger partial charge on any atom is 0.178 e. The van der Waals surface area contributed by atoms with Crippen LogP contribution in [0.25, 0.3) is 12.2 Å². The number of hydrogen-bond acceptors (Lipinski definition) is 5. The SMILES string of the molecule is COc1cc(/C=C/C(=O)/C=C/c2ccc(OCC=C(C)C)c(OC)c2)ccc1OCC=C(C)C. The predicted octanol–water partition coefficient (Wildman–Crippen LogP) is 6.69. The maximum absolute atomic E-state index is 12.3. The van der Waals surface area contributed by atoms with Crippen LogP contribution in [0, 0.1) is 0 Å². The van der Waals surface area contributed by atoms with E-state index < -0.39 is 0 Å². The van der Waals surface area contributed by atoms with Crippen LogP contribution in [0.5, 0.6) is 23.0 Å². The highest BCUT2D eigenvalue weighted by Gasteiger charge is 2.06. The fourth-order valence-corrected chi connectivity index (χ4v) is 2.82. The molecule has 0 amide bonds. The molecule has 0 aliphatic heterocycles. The number of carbonyl (C=O) groups excluding carboxylic acids is 1. The monoisotopic (exact) mass is 462 g/mol. The molecule has 0 unspecified atom stereocenters. The molecule has 34 heavy (non-hydrogen) atoms. The third kappa shape index (κ3) is 9.02. The minimum absolute atomic E-state index is 0.134. The highest BCUT2D eigenvalue weighted by molar-refractivity contribution is 6.04. The van der Waals surface area contributed by atoms with Crippen LogP contribution in [-0.2, 0) is 4.79 Å². The minimum atomic E-state index is -0.134. The van der Waals surface area contributed by atoms with E-state index in [0.29, 0.717) is 36.2 Å². The number of ketones is 1. The van der Waals surface area contributed by atoms with E-state index in [0.717, 1.165) is 11.1 Å². The third-order valence-electron chi connectivity index (χ3n) is 4.72. The summed E-state index contributed by atoms with van der Waals surface area (Å²) in [6.45, 7) is 9.04. The number of benzene rings is 2. The fraction of sp³-hybridized carbons (Fsp3) is 0.276. The van der Waals surface area contributed by atoms with Crippen LogP contribution in [0.1, 0.15) is 38.8 Å². The first-order valence-corrected chi connectivity index (χ1v) is 11.1. The summed E-state index contributed by atoms with van der Waals surface area (Å²) in [7, 11) is 3.19. The van der Waals surface area contributed by atoms with Crippen LogP contribution < -0.4 is 18.9 Å². The van der Waals surface area contributed by atoms with Crippen molar-refractivity contribution in [3.05, 3.63) is 83.0 Å². The highest BCUT2D eigenvalue weighted by atomic mass is 16.5. The lowest BCUT2D eigenvalue weighted by atomic mass is 10.1. The topological polar surface area (TPSA) is 54.0 Å². The molecule has 0 saturated carbocycles. The Morgan fingerprint density at radius 3 is 1.44 bits per heavy atom. The van der Waals surface area contributed by atoms with Gasteiger partial charge in [0.05, 0.1) is 14.2 Å². The van der Waals surface area contributed by atoms with Gasteiger partial charge in [-0.3, -0.25) is 4.79 Å². The molecule has 5 nitrogen and oxygen atoms in total. The fourth-order valence-electron chi connectivity index (χ4n) is 2.82. The smallest absolute Gasteiger partial charge is 0.178 e. The molecule has 5 heteroatoms. The number of rotatable bonds is 12. The number of methoxy groups -OCH3 is 2. The lowest BCUT2D eigenvalue weighted by Crippen LogP contribution is -1.97. The Kier molecular flexibility index (Phi) is 10.7. The van der Waals surface area contributed by atoms with Crippen molar-refractivity contribution >= 4 is 17.9 Å². The van der Waals surface area contributed by atoms with Gasteiger partial charge >= 0.3 is 0 Å². The molecule has 0 bridgehead atoms. The number of allylic oxidation sites excluding steroid dienone is 4. The minimum Gasteiger partial charge on any atom is -0.493 e. The molecule has 0 N–H and O–H groups in total. The molecule has 0 atom stereocenters. The van der Waals surface area contributed by atoms with Gasteiger partial charge in [-0.2, -0.15) is 0 Å². The first-order chi connectivity index (χ1) is 16.3. The van der Waals surface area contributed by atoms with Crippen molar-refractivity contribution in [2.75, 3.05) is 27.4 Å². The second kappa shape index (κ2) is 13.7. The lowest BCUT2D eigenvalue weighted by molar-refractivity contribution is -0.110. The molecule has 0 aliphatic carbocycles. The van der Waals surface area contributed by atoms with Crippen LogP contribution in [0.3, 0.4) is 0 Å². The first-order valence-electron chi connectivity index (χ1n) is 11.1. The zero-order valence-corrected chi connectivity index (χ0v) is 20.9. The van der Waals surface area contributed by atoms with Gasteiger partial charge in [0, 0.05) is 0 Å². The van der Waals surface area contributed by atoms with Crippen LogP contribution in [0.2, 0.25) is 0 Å². The van der Waals surface area contributed by atoms with Gasteiger partial charge in [0.25, 0.3) is 0 Å². The van der Waals surface area contributed by atoms with Gasteiger partial charge in [-0.05, 0) is 87.4 Å².